The van der Waals surface area contributed by atoms with Gasteiger partial charge in [-0.3, -0.25) is 9.63 Å². The second-order valence-corrected chi connectivity index (χ2v) is 6.95. The van der Waals surface area contributed by atoms with Crippen LogP contribution in [0, 0.1) is 11.3 Å². The van der Waals surface area contributed by atoms with Crippen molar-refractivity contribution in [2.75, 3.05) is 18.9 Å². The van der Waals surface area contributed by atoms with Gasteiger partial charge >= 0.3 is 0 Å². The van der Waals surface area contributed by atoms with Crippen molar-refractivity contribution in [1.82, 2.24) is 15.4 Å². The molecule has 0 saturated carbocycles. The molecule has 1 aromatic carbocycles. The smallest absolute Gasteiger partial charge is 0.284 e. The molecule has 0 saturated heterocycles. The van der Waals surface area contributed by atoms with Crippen LogP contribution in [-0.4, -0.2) is 51.0 Å². The van der Waals surface area contributed by atoms with Crippen LogP contribution in [0.2, 0.25) is 0 Å². The van der Waals surface area contributed by atoms with Gasteiger partial charge in [0.05, 0.1) is 23.8 Å². The second-order valence-electron chi connectivity index (χ2n) is 6.95. The summed E-state index contributed by atoms with van der Waals surface area (Å²) in [7, 11) is 0. The van der Waals surface area contributed by atoms with Gasteiger partial charge in [-0.25, -0.2) is 10.5 Å². The summed E-state index contributed by atoms with van der Waals surface area (Å²) in [5.74, 6) is -0.958. The summed E-state index contributed by atoms with van der Waals surface area (Å²) in [4.78, 5) is 25.9. The molecule has 0 unspecified atom stereocenters. The van der Waals surface area contributed by atoms with Crippen LogP contribution in [0.1, 0.15) is 36.7 Å². The lowest BCUT2D eigenvalue weighted by molar-refractivity contribution is -0.0523. The lowest BCUT2D eigenvalue weighted by Crippen LogP contribution is -2.34. The van der Waals surface area contributed by atoms with Crippen LogP contribution in [0.5, 0.6) is 5.88 Å². The third-order valence-corrected chi connectivity index (χ3v) is 3.54. The number of aliphatic hydroxyl groups is 2. The first kappa shape index (κ1) is 22.0. The molecule has 0 aliphatic carbocycles. The summed E-state index contributed by atoms with van der Waals surface area (Å²) < 4.78 is 5.55. The molecule has 1 amide bonds. The van der Waals surface area contributed by atoms with Crippen molar-refractivity contribution in [3.63, 3.8) is 0 Å². The minimum Gasteiger partial charge on any atom is -0.471 e. The van der Waals surface area contributed by atoms with Gasteiger partial charge in [0.25, 0.3) is 5.91 Å². The van der Waals surface area contributed by atoms with E-state index in [0.29, 0.717) is 11.1 Å². The number of hydrogen-bond donors (Lipinski definition) is 4. The Hall–Kier alpha value is -3.26. The van der Waals surface area contributed by atoms with Gasteiger partial charge in [0.2, 0.25) is 5.88 Å². The van der Waals surface area contributed by atoms with Gasteiger partial charge in [-0.1, -0.05) is 12.1 Å². The van der Waals surface area contributed by atoms with E-state index in [1.165, 1.54) is 13.8 Å². The molecule has 0 fully saturated rings. The van der Waals surface area contributed by atoms with Crippen molar-refractivity contribution in [1.29, 1.82) is 5.26 Å². The van der Waals surface area contributed by atoms with Crippen molar-refractivity contribution >= 4 is 11.7 Å². The molecule has 1 atom stereocenters. The first-order chi connectivity index (χ1) is 13.6. The van der Waals surface area contributed by atoms with E-state index in [-0.39, 0.29) is 36.3 Å². The molecule has 2 aromatic rings. The van der Waals surface area contributed by atoms with Gasteiger partial charge in [-0.05, 0) is 32.9 Å². The van der Waals surface area contributed by atoms with Gasteiger partial charge in [-0.15, -0.1) is 0 Å². The third-order valence-electron chi connectivity index (χ3n) is 3.54. The molecule has 1 heterocycles. The van der Waals surface area contributed by atoms with Crippen molar-refractivity contribution in [3.8, 4) is 23.3 Å². The number of hydrogen-bond acceptors (Lipinski definition) is 9. The number of amides is 1. The van der Waals surface area contributed by atoms with E-state index in [0.717, 1.165) is 0 Å². The molecule has 154 valence electrons. The Morgan fingerprint density at radius 3 is 2.76 bits per heavy atom. The number of ether oxygens (including phenoxy) is 1. The summed E-state index contributed by atoms with van der Waals surface area (Å²) in [6.07, 6.45) is -0.675. The number of nitrogen functional groups attached to an aromatic ring is 1. The molecule has 0 radical (unpaired) electrons. The number of nitriles is 1. The molecular weight excluding hydrogens is 378 g/mol. The average molecular weight is 401 g/mol. The Morgan fingerprint density at radius 1 is 1.41 bits per heavy atom. The number of nitrogens with two attached hydrogens (primary N) is 1. The Morgan fingerprint density at radius 2 is 2.14 bits per heavy atom. The first-order valence-corrected chi connectivity index (χ1v) is 8.74. The maximum atomic E-state index is 12.5. The second kappa shape index (κ2) is 9.29. The zero-order chi connectivity index (χ0) is 21.6. The third kappa shape index (κ3) is 6.11. The monoisotopic (exact) mass is 401 g/mol. The van der Waals surface area contributed by atoms with Gasteiger partial charge in [-0.2, -0.15) is 10.2 Å². The summed E-state index contributed by atoms with van der Waals surface area (Å²) in [5, 5.41) is 28.0. The Bertz CT molecular complexity index is 920. The normalized spacial score (nSPS) is 12.1. The molecule has 0 spiro atoms. The Kier molecular flexibility index (Phi) is 7.06. The minimum absolute atomic E-state index is 0.147. The number of rotatable bonds is 8. The summed E-state index contributed by atoms with van der Waals surface area (Å²) >= 11 is 0. The van der Waals surface area contributed by atoms with E-state index in [2.05, 4.69) is 15.4 Å². The van der Waals surface area contributed by atoms with Gasteiger partial charge < -0.3 is 20.7 Å². The summed E-state index contributed by atoms with van der Waals surface area (Å²) in [6, 6.07) is 8.56. The molecule has 10 nitrogen and oxygen atoms in total. The van der Waals surface area contributed by atoms with E-state index < -0.39 is 17.6 Å². The quantitative estimate of drug-likeness (QED) is 0.468. The average Bonchev–Trinajstić information content (AvgIpc) is 2.66. The Labute approximate surface area is 167 Å². The molecule has 10 heteroatoms. The molecule has 2 rings (SSSR count). The number of aliphatic hydroxyl groups excluding tert-OH is 1. The highest BCUT2D eigenvalue weighted by atomic mass is 16.7. The van der Waals surface area contributed by atoms with Gasteiger partial charge in [0, 0.05) is 5.56 Å². The molecular formula is C19H23N5O5. The summed E-state index contributed by atoms with van der Waals surface area (Å²) in [6.45, 7) is 4.12. The number of carbonyl (C=O) groups is 1. The lowest BCUT2D eigenvalue weighted by Gasteiger charge is -2.19. The fraction of sp³-hybridized carbons (Fsp3) is 0.368. The number of anilines is 1. The van der Waals surface area contributed by atoms with Crippen LogP contribution >= 0.6 is 0 Å². The van der Waals surface area contributed by atoms with Gasteiger partial charge in [0.1, 0.15) is 24.1 Å². The van der Waals surface area contributed by atoms with Crippen LogP contribution in [0.15, 0.2) is 24.3 Å². The number of nitrogens with zero attached hydrogens (tertiary/aromatic N) is 3. The Balaban J connectivity index is 2.42. The predicted molar refractivity (Wildman–Crippen MR) is 103 cm³/mol. The maximum absolute atomic E-state index is 12.5. The maximum Gasteiger partial charge on any atom is 0.284 e. The van der Waals surface area contributed by atoms with Crippen molar-refractivity contribution in [2.24, 2.45) is 0 Å². The van der Waals surface area contributed by atoms with Crippen molar-refractivity contribution < 1.29 is 24.6 Å². The largest absolute Gasteiger partial charge is 0.471 e. The van der Waals surface area contributed by atoms with E-state index in [4.69, 9.17) is 20.6 Å². The highest BCUT2D eigenvalue weighted by Gasteiger charge is 2.24. The van der Waals surface area contributed by atoms with E-state index >= 15 is 0 Å². The van der Waals surface area contributed by atoms with E-state index in [9.17, 15) is 15.0 Å². The zero-order valence-corrected chi connectivity index (χ0v) is 16.3. The number of aromatic nitrogens is 2. The van der Waals surface area contributed by atoms with Crippen LogP contribution in [0.3, 0.4) is 0 Å². The van der Waals surface area contributed by atoms with Crippen LogP contribution in [0.4, 0.5) is 5.82 Å². The first-order valence-electron chi connectivity index (χ1n) is 8.74. The van der Waals surface area contributed by atoms with Crippen LogP contribution in [-0.2, 0) is 4.84 Å². The minimum atomic E-state index is -1.16. The molecule has 0 aliphatic heterocycles. The number of nitrogens with one attached hydrogen (secondary N) is 1. The number of carbonyl (C=O) groups excluding carboxylic acids is 1. The van der Waals surface area contributed by atoms with E-state index in [1.54, 1.807) is 31.2 Å². The molecule has 5 N–H and O–H groups in total. The summed E-state index contributed by atoms with van der Waals surface area (Å²) in [5.41, 5.74) is 7.71. The molecule has 1 aromatic heterocycles. The number of benzene rings is 1. The SMILES string of the molecule is C[C@H](CO)Oc1nc(-c2cccc(C#N)c2)nc(N)c1C(=O)NOCC(C)(C)O. The topological polar surface area (TPSA) is 164 Å². The van der Waals surface area contributed by atoms with Gasteiger partial charge in [0.15, 0.2) is 5.82 Å². The predicted octanol–water partition coefficient (Wildman–Crippen LogP) is 0.789. The number of hydroxylamine groups is 1. The zero-order valence-electron chi connectivity index (χ0n) is 16.3. The van der Waals surface area contributed by atoms with Crippen LogP contribution < -0.4 is 16.0 Å². The molecule has 0 bridgehead atoms. The highest BCUT2D eigenvalue weighted by Crippen LogP contribution is 2.27. The standard InChI is InChI=1S/C19H23N5O5/c1-11(9-25)29-18-14(17(26)24-28-10-19(2,3)27)15(21)22-16(23-18)13-6-4-5-12(7-13)8-20/h4-7,11,25,27H,9-10H2,1-3H3,(H,24,26)(H2,21,22,23)/t11-/m1/s1. The van der Waals surface area contributed by atoms with E-state index in [1.807, 2.05) is 6.07 Å². The lowest BCUT2D eigenvalue weighted by atomic mass is 10.1. The van der Waals surface area contributed by atoms with Crippen molar-refractivity contribution in [2.45, 2.75) is 32.5 Å². The highest BCUT2D eigenvalue weighted by molar-refractivity contribution is 6.00. The van der Waals surface area contributed by atoms with Crippen LogP contribution in [0.25, 0.3) is 11.4 Å². The fourth-order valence-corrected chi connectivity index (χ4v) is 2.17. The molecule has 0 aliphatic rings. The van der Waals surface area contributed by atoms with Crippen molar-refractivity contribution in [3.05, 3.63) is 35.4 Å². The molecule has 29 heavy (non-hydrogen) atoms. The fourth-order valence-electron chi connectivity index (χ4n) is 2.17.